The molecule has 0 radical (unpaired) electrons. The first-order valence-electron chi connectivity index (χ1n) is 11.0. The molecule has 6 nitrogen and oxygen atoms in total. The summed E-state index contributed by atoms with van der Waals surface area (Å²) in [6, 6.07) is 13.4. The van der Waals surface area contributed by atoms with Gasteiger partial charge in [-0.2, -0.15) is 18.3 Å². The van der Waals surface area contributed by atoms with Crippen molar-refractivity contribution in [1.82, 2.24) is 19.7 Å². The van der Waals surface area contributed by atoms with Crippen LogP contribution in [0.5, 0.6) is 5.75 Å². The number of H-pyrrole nitrogens is 1. The number of alkyl halides is 3. The van der Waals surface area contributed by atoms with Crippen LogP contribution in [-0.2, 0) is 6.18 Å². The molecule has 1 saturated heterocycles. The fourth-order valence-corrected chi connectivity index (χ4v) is 4.54. The fourth-order valence-electron chi connectivity index (χ4n) is 4.54. The first kappa shape index (κ1) is 22.1. The van der Waals surface area contributed by atoms with Crippen LogP contribution in [0.15, 0.2) is 60.9 Å². The number of ether oxygens (including phenoxy) is 1. The molecule has 1 aliphatic heterocycles. The predicted octanol–water partition coefficient (Wildman–Crippen LogP) is 5.40. The molecule has 9 heteroatoms. The van der Waals surface area contributed by atoms with Gasteiger partial charge in [0.25, 0.3) is 5.91 Å². The van der Waals surface area contributed by atoms with E-state index in [1.54, 1.807) is 31.4 Å². The number of amides is 1. The van der Waals surface area contributed by atoms with E-state index in [1.807, 2.05) is 29.3 Å². The Bertz CT molecular complexity index is 1320. The number of hydrogen-bond acceptors (Lipinski definition) is 3. The molecule has 0 atom stereocenters. The van der Waals surface area contributed by atoms with Crippen LogP contribution in [0.4, 0.5) is 13.2 Å². The van der Waals surface area contributed by atoms with Crippen molar-refractivity contribution in [2.24, 2.45) is 0 Å². The van der Waals surface area contributed by atoms with Crippen molar-refractivity contribution in [1.29, 1.82) is 0 Å². The van der Waals surface area contributed by atoms with Crippen LogP contribution in [0.25, 0.3) is 16.6 Å². The summed E-state index contributed by atoms with van der Waals surface area (Å²) in [4.78, 5) is 18.2. The van der Waals surface area contributed by atoms with Crippen molar-refractivity contribution in [3.05, 3.63) is 77.7 Å². The van der Waals surface area contributed by atoms with Crippen LogP contribution in [0.3, 0.4) is 0 Å². The van der Waals surface area contributed by atoms with E-state index in [4.69, 9.17) is 4.74 Å². The summed E-state index contributed by atoms with van der Waals surface area (Å²) in [7, 11) is 1.65. The maximum atomic E-state index is 13.0. The Morgan fingerprint density at radius 3 is 2.47 bits per heavy atom. The number of carbonyl (C=O) groups excluding carboxylic acids is 1. The Balaban J connectivity index is 1.25. The Kier molecular flexibility index (Phi) is 5.55. The van der Waals surface area contributed by atoms with Crippen molar-refractivity contribution < 1.29 is 22.7 Å². The van der Waals surface area contributed by atoms with Gasteiger partial charge in [-0.3, -0.25) is 4.79 Å². The van der Waals surface area contributed by atoms with E-state index in [9.17, 15) is 18.0 Å². The number of fused-ring (bicyclic) bond motifs is 1. The van der Waals surface area contributed by atoms with E-state index in [2.05, 4.69) is 10.1 Å². The number of likely N-dealkylation sites (tertiary alicyclic amines) is 1. The number of hydrogen-bond donors (Lipinski definition) is 1. The molecule has 34 heavy (non-hydrogen) atoms. The number of piperidine rings is 1. The van der Waals surface area contributed by atoms with E-state index in [1.165, 1.54) is 11.8 Å². The number of nitrogens with one attached hydrogen (secondary N) is 1. The zero-order valence-electron chi connectivity index (χ0n) is 18.5. The summed E-state index contributed by atoms with van der Waals surface area (Å²) < 4.78 is 44.9. The van der Waals surface area contributed by atoms with Gasteiger partial charge < -0.3 is 14.6 Å². The normalized spacial score (nSPS) is 15.1. The fraction of sp³-hybridized carbons (Fsp3) is 0.280. The first-order valence-corrected chi connectivity index (χ1v) is 11.0. The minimum Gasteiger partial charge on any atom is -0.497 e. The lowest BCUT2D eigenvalue weighted by Gasteiger charge is -2.32. The molecule has 1 amide bonds. The van der Waals surface area contributed by atoms with Crippen LogP contribution in [0.2, 0.25) is 0 Å². The van der Waals surface area contributed by atoms with Crippen LogP contribution < -0.4 is 4.74 Å². The number of carbonyl (C=O) groups is 1. The van der Waals surface area contributed by atoms with Crippen molar-refractivity contribution in [3.8, 4) is 11.4 Å². The Morgan fingerprint density at radius 1 is 1.09 bits per heavy atom. The maximum absolute atomic E-state index is 13.0. The topological polar surface area (TPSA) is 63.1 Å². The van der Waals surface area contributed by atoms with Gasteiger partial charge in [0.05, 0.1) is 12.8 Å². The summed E-state index contributed by atoms with van der Waals surface area (Å²) in [5, 5.41) is 4.71. The molecule has 0 saturated carbocycles. The van der Waals surface area contributed by atoms with Crippen LogP contribution in [-0.4, -0.2) is 45.8 Å². The molecule has 2 aromatic carbocycles. The monoisotopic (exact) mass is 468 g/mol. The molecular weight excluding hydrogens is 445 g/mol. The summed E-state index contributed by atoms with van der Waals surface area (Å²) in [6.07, 6.45) is 0.504. The molecule has 4 aromatic rings. The molecular formula is C25H23F3N4O2. The zero-order valence-corrected chi connectivity index (χ0v) is 18.5. The third-order valence-corrected chi connectivity index (χ3v) is 6.40. The number of aromatic nitrogens is 3. The standard InChI is InChI=1S/C25H23F3N4O2/c1-34-19-6-7-22-20(14-19)21(15-29-22)16-8-11-31(12-9-16)24(33)17-2-4-18(5-3-17)32-13-10-23(30-32)25(26,27)28/h2-7,10,13-16,29H,8-9,11-12H2,1H3. The Hall–Kier alpha value is -3.75. The molecule has 0 bridgehead atoms. The van der Waals surface area contributed by atoms with Crippen molar-refractivity contribution in [3.63, 3.8) is 0 Å². The smallest absolute Gasteiger partial charge is 0.435 e. The molecule has 1 fully saturated rings. The van der Waals surface area contributed by atoms with Crippen LogP contribution in [0, 0.1) is 0 Å². The molecule has 0 spiro atoms. The van der Waals surface area contributed by atoms with E-state index < -0.39 is 11.9 Å². The largest absolute Gasteiger partial charge is 0.497 e. The number of aromatic amines is 1. The number of halogens is 3. The molecule has 176 valence electrons. The second kappa shape index (κ2) is 8.55. The predicted molar refractivity (Wildman–Crippen MR) is 121 cm³/mol. The molecule has 3 heterocycles. The second-order valence-corrected chi connectivity index (χ2v) is 8.41. The summed E-state index contributed by atoms with van der Waals surface area (Å²) in [5.74, 6) is 1.08. The van der Waals surface area contributed by atoms with E-state index in [0.29, 0.717) is 30.3 Å². The highest BCUT2D eigenvalue weighted by molar-refractivity contribution is 5.94. The zero-order chi connectivity index (χ0) is 23.9. The van der Waals surface area contributed by atoms with Gasteiger partial charge in [0, 0.05) is 41.9 Å². The highest BCUT2D eigenvalue weighted by Crippen LogP contribution is 2.35. The van der Waals surface area contributed by atoms with Crippen LogP contribution in [0.1, 0.15) is 40.4 Å². The Morgan fingerprint density at radius 2 is 1.82 bits per heavy atom. The number of benzene rings is 2. The lowest BCUT2D eigenvalue weighted by molar-refractivity contribution is -0.141. The number of rotatable bonds is 4. The number of nitrogens with zero attached hydrogens (tertiary/aromatic N) is 3. The second-order valence-electron chi connectivity index (χ2n) is 8.41. The quantitative estimate of drug-likeness (QED) is 0.436. The molecule has 1 N–H and O–H groups in total. The maximum Gasteiger partial charge on any atom is 0.435 e. The van der Waals surface area contributed by atoms with Gasteiger partial charge in [-0.1, -0.05) is 0 Å². The van der Waals surface area contributed by atoms with Gasteiger partial charge in [0.1, 0.15) is 5.75 Å². The highest BCUT2D eigenvalue weighted by atomic mass is 19.4. The molecule has 5 rings (SSSR count). The van der Waals surface area contributed by atoms with Crippen molar-refractivity contribution >= 4 is 16.8 Å². The molecule has 0 unspecified atom stereocenters. The third-order valence-electron chi connectivity index (χ3n) is 6.40. The van der Waals surface area contributed by atoms with Gasteiger partial charge in [-0.15, -0.1) is 0 Å². The van der Waals surface area contributed by atoms with Gasteiger partial charge >= 0.3 is 6.18 Å². The number of methoxy groups -OCH3 is 1. The average molecular weight is 468 g/mol. The lowest BCUT2D eigenvalue weighted by atomic mass is 9.89. The molecule has 2 aromatic heterocycles. The van der Waals surface area contributed by atoms with Gasteiger partial charge in [0.2, 0.25) is 0 Å². The van der Waals surface area contributed by atoms with E-state index in [-0.39, 0.29) is 5.91 Å². The SMILES string of the molecule is COc1ccc2[nH]cc(C3CCN(C(=O)c4ccc(-n5ccc(C(F)(F)F)n5)cc4)CC3)c2c1. The third kappa shape index (κ3) is 4.13. The summed E-state index contributed by atoms with van der Waals surface area (Å²) in [5.41, 5.74) is 2.31. The Labute approximate surface area is 193 Å². The van der Waals surface area contributed by atoms with E-state index in [0.717, 1.165) is 40.2 Å². The highest BCUT2D eigenvalue weighted by Gasteiger charge is 2.33. The minimum absolute atomic E-state index is 0.0814. The van der Waals surface area contributed by atoms with Crippen LogP contribution >= 0.6 is 0 Å². The minimum atomic E-state index is -4.49. The van der Waals surface area contributed by atoms with Gasteiger partial charge in [0.15, 0.2) is 5.69 Å². The van der Waals surface area contributed by atoms with Gasteiger partial charge in [-0.05, 0) is 72.9 Å². The first-order chi connectivity index (χ1) is 16.3. The lowest BCUT2D eigenvalue weighted by Crippen LogP contribution is -2.37. The summed E-state index contributed by atoms with van der Waals surface area (Å²) >= 11 is 0. The van der Waals surface area contributed by atoms with Crippen molar-refractivity contribution in [2.75, 3.05) is 20.2 Å². The molecule has 0 aliphatic carbocycles. The van der Waals surface area contributed by atoms with Gasteiger partial charge in [-0.25, -0.2) is 4.68 Å². The summed E-state index contributed by atoms with van der Waals surface area (Å²) in [6.45, 7) is 1.27. The average Bonchev–Trinajstić information content (AvgIpc) is 3.51. The van der Waals surface area contributed by atoms with E-state index >= 15 is 0 Å². The van der Waals surface area contributed by atoms with Crippen molar-refractivity contribution in [2.45, 2.75) is 24.9 Å². The molecule has 1 aliphatic rings.